The summed E-state index contributed by atoms with van der Waals surface area (Å²) in [7, 11) is -1.64. The van der Waals surface area contributed by atoms with Crippen LogP contribution in [0.5, 0.6) is 0 Å². The van der Waals surface area contributed by atoms with E-state index in [4.69, 9.17) is 12.8 Å². The molecule has 0 aliphatic heterocycles. The van der Waals surface area contributed by atoms with E-state index >= 15 is 0 Å². The first kappa shape index (κ1) is 23.8. The highest BCUT2D eigenvalue weighted by Crippen LogP contribution is 2.23. The Morgan fingerprint density at radius 3 is 1.06 bits per heavy atom. The summed E-state index contributed by atoms with van der Waals surface area (Å²) in [4.78, 5) is 0. The van der Waals surface area contributed by atoms with Gasteiger partial charge in [-0.1, -0.05) is 121 Å². The first-order valence-corrected chi connectivity index (χ1v) is 14.8. The van der Waals surface area contributed by atoms with Gasteiger partial charge in [-0.3, -0.25) is 0 Å². The molecule has 0 aliphatic rings. The molecule has 0 saturated heterocycles. The van der Waals surface area contributed by atoms with Crippen LogP contribution in [-0.4, -0.2) is 8.07 Å². The maximum atomic E-state index is 5.45. The summed E-state index contributed by atoms with van der Waals surface area (Å²) >= 11 is 0. The van der Waals surface area contributed by atoms with Gasteiger partial charge >= 0.3 is 0 Å². The van der Waals surface area contributed by atoms with Gasteiger partial charge in [0.2, 0.25) is 0 Å². The minimum absolute atomic E-state index is 0.903. The lowest BCUT2D eigenvalue weighted by Gasteiger charge is -2.12. The van der Waals surface area contributed by atoms with Crippen molar-refractivity contribution in [3.63, 3.8) is 0 Å². The highest BCUT2D eigenvalue weighted by atomic mass is 28.3. The predicted octanol–water partition coefficient (Wildman–Crippen LogP) is 8.50. The molecule has 0 atom stereocenters. The van der Waals surface area contributed by atoms with Crippen LogP contribution in [0.1, 0.15) is 22.3 Å². The number of terminal acetylenes is 2. The molecule has 4 aromatic carbocycles. The molecule has 0 nitrogen and oxygen atoms in total. The van der Waals surface area contributed by atoms with Gasteiger partial charge in [-0.05, 0) is 57.6 Å². The zero-order chi connectivity index (χ0) is 24.7. The lowest BCUT2D eigenvalue weighted by atomic mass is 10.0. The molecule has 4 rings (SSSR count). The Balaban J connectivity index is 1.40. The molecule has 0 N–H and O–H groups in total. The minimum atomic E-state index is -1.64. The molecular formula is C34H28Si. The van der Waals surface area contributed by atoms with Crippen molar-refractivity contribution in [1.29, 1.82) is 0 Å². The van der Waals surface area contributed by atoms with E-state index in [1.54, 1.807) is 0 Å². The van der Waals surface area contributed by atoms with Crippen LogP contribution in [0.3, 0.4) is 0 Å². The van der Waals surface area contributed by atoms with Crippen molar-refractivity contribution in [2.45, 2.75) is 13.1 Å². The van der Waals surface area contributed by atoms with Gasteiger partial charge in [0.05, 0.1) is 8.07 Å². The van der Waals surface area contributed by atoms with E-state index in [-0.39, 0.29) is 0 Å². The number of hydrogen-bond acceptors (Lipinski definition) is 0. The van der Waals surface area contributed by atoms with Crippen LogP contribution in [0, 0.1) is 24.7 Å². The second kappa shape index (κ2) is 10.7. The normalized spacial score (nSPS) is 11.4. The second-order valence-corrected chi connectivity index (χ2v) is 13.5. The fourth-order valence-corrected chi connectivity index (χ4v) is 5.12. The molecule has 0 spiro atoms. The van der Waals surface area contributed by atoms with Crippen LogP contribution in [0.4, 0.5) is 0 Å². The minimum Gasteiger partial charge on any atom is -0.115 e. The monoisotopic (exact) mass is 464 g/mol. The fraction of sp³-hybridized carbons (Fsp3) is 0.0588. The lowest BCUT2D eigenvalue weighted by molar-refractivity contribution is 1.58. The Bertz CT molecular complexity index is 1300. The molecule has 0 amide bonds. The highest BCUT2D eigenvalue weighted by molar-refractivity contribution is 6.87. The molecule has 4 aromatic rings. The second-order valence-electron chi connectivity index (χ2n) is 9.18. The van der Waals surface area contributed by atoms with Gasteiger partial charge in [-0.25, -0.2) is 0 Å². The van der Waals surface area contributed by atoms with Crippen LogP contribution in [0.2, 0.25) is 13.1 Å². The van der Waals surface area contributed by atoms with Crippen LogP contribution in [0.15, 0.2) is 108 Å². The molecule has 35 heavy (non-hydrogen) atoms. The summed E-state index contributed by atoms with van der Waals surface area (Å²) in [6.45, 7) is 4.70. The SMILES string of the molecule is C#Cc1ccc(-c2ccc(/C=C/[Si](C)(C)/C=C/c3ccc(-c4ccc(C#C)cc4)cc3)cc2)cc1. The molecular weight excluding hydrogens is 436 g/mol. The molecule has 0 bridgehead atoms. The van der Waals surface area contributed by atoms with Crippen molar-refractivity contribution < 1.29 is 0 Å². The molecule has 0 fully saturated rings. The van der Waals surface area contributed by atoms with Gasteiger partial charge < -0.3 is 0 Å². The Hall–Kier alpha value is -4.30. The smallest absolute Gasteiger partial charge is 0.0954 e. The average molecular weight is 465 g/mol. The zero-order valence-corrected chi connectivity index (χ0v) is 21.2. The summed E-state index contributed by atoms with van der Waals surface area (Å²) in [6.07, 6.45) is 15.4. The summed E-state index contributed by atoms with van der Waals surface area (Å²) in [5.41, 5.74) is 13.7. The molecule has 0 aromatic heterocycles. The van der Waals surface area contributed by atoms with Gasteiger partial charge in [0.1, 0.15) is 0 Å². The molecule has 0 heterocycles. The van der Waals surface area contributed by atoms with Crippen LogP contribution >= 0.6 is 0 Å². The van der Waals surface area contributed by atoms with E-state index in [0.29, 0.717) is 0 Å². The third-order valence-electron chi connectivity index (χ3n) is 6.00. The van der Waals surface area contributed by atoms with E-state index < -0.39 is 8.07 Å². The predicted molar refractivity (Wildman–Crippen MR) is 155 cm³/mol. The summed E-state index contributed by atoms with van der Waals surface area (Å²) in [6, 6.07) is 33.5. The fourth-order valence-electron chi connectivity index (χ4n) is 3.77. The topological polar surface area (TPSA) is 0 Å². The average Bonchev–Trinajstić information content (AvgIpc) is 2.92. The first-order valence-electron chi connectivity index (χ1n) is 11.7. The molecule has 0 unspecified atom stereocenters. The zero-order valence-electron chi connectivity index (χ0n) is 20.2. The Labute approximate surface area is 210 Å². The van der Waals surface area contributed by atoms with Crippen molar-refractivity contribution in [2.75, 3.05) is 0 Å². The van der Waals surface area contributed by atoms with Gasteiger partial charge in [0.25, 0.3) is 0 Å². The van der Waals surface area contributed by atoms with Crippen LogP contribution in [0.25, 0.3) is 34.4 Å². The standard InChI is InChI=1S/C34H28Si/c1-5-27-7-15-31(16-8-27)33-19-11-29(12-20-33)23-25-35(3,4)26-24-30-13-21-34(22-14-30)32-17-9-28(6-2)10-18-32/h1-2,7-26H,3-4H3/b25-23+,26-24+. The van der Waals surface area contributed by atoms with Crippen molar-refractivity contribution in [1.82, 2.24) is 0 Å². The Morgan fingerprint density at radius 1 is 0.486 bits per heavy atom. The van der Waals surface area contributed by atoms with Gasteiger partial charge in [-0.15, -0.1) is 12.8 Å². The number of hydrogen-bond donors (Lipinski definition) is 0. The molecule has 0 saturated carbocycles. The number of benzene rings is 4. The summed E-state index contributed by atoms with van der Waals surface area (Å²) < 4.78 is 0. The van der Waals surface area contributed by atoms with Crippen molar-refractivity contribution in [3.05, 3.63) is 131 Å². The van der Waals surface area contributed by atoms with E-state index in [1.165, 1.54) is 33.4 Å². The Morgan fingerprint density at radius 2 is 0.771 bits per heavy atom. The van der Waals surface area contributed by atoms with Gasteiger partial charge in [-0.2, -0.15) is 0 Å². The van der Waals surface area contributed by atoms with E-state index in [1.807, 2.05) is 24.3 Å². The third-order valence-corrected chi connectivity index (χ3v) is 8.05. The molecule has 0 aliphatic carbocycles. The van der Waals surface area contributed by atoms with Crippen molar-refractivity contribution in [2.24, 2.45) is 0 Å². The highest BCUT2D eigenvalue weighted by Gasteiger charge is 2.12. The number of rotatable bonds is 6. The van der Waals surface area contributed by atoms with Crippen LogP contribution in [-0.2, 0) is 0 Å². The maximum Gasteiger partial charge on any atom is 0.0954 e. The van der Waals surface area contributed by atoms with Gasteiger partial charge in [0, 0.05) is 11.1 Å². The van der Waals surface area contributed by atoms with Gasteiger partial charge in [0.15, 0.2) is 0 Å². The molecule has 168 valence electrons. The van der Waals surface area contributed by atoms with Crippen LogP contribution < -0.4 is 0 Å². The van der Waals surface area contributed by atoms with E-state index in [9.17, 15) is 0 Å². The lowest BCUT2D eigenvalue weighted by Crippen LogP contribution is -2.18. The van der Waals surface area contributed by atoms with Crippen molar-refractivity contribution >= 4 is 20.2 Å². The summed E-state index contributed by atoms with van der Waals surface area (Å²) in [5, 5.41) is 0. The Kier molecular flexibility index (Phi) is 7.32. The van der Waals surface area contributed by atoms with E-state index in [2.05, 4.69) is 121 Å². The largest absolute Gasteiger partial charge is 0.115 e. The summed E-state index contributed by atoms with van der Waals surface area (Å²) in [5.74, 6) is 5.33. The molecule has 0 radical (unpaired) electrons. The van der Waals surface area contributed by atoms with Crippen molar-refractivity contribution in [3.8, 4) is 46.9 Å². The maximum absolute atomic E-state index is 5.45. The molecule has 1 heteroatoms. The quantitative estimate of drug-likeness (QED) is 0.198. The third kappa shape index (κ3) is 6.39. The van der Waals surface area contributed by atoms with E-state index in [0.717, 1.165) is 11.1 Å². The first-order chi connectivity index (χ1) is 17.0.